The Labute approximate surface area is 88.3 Å². The minimum Gasteiger partial charge on any atom is -0.324 e. The zero-order valence-electron chi connectivity index (χ0n) is 8.55. The van der Waals surface area contributed by atoms with Gasteiger partial charge in [-0.3, -0.25) is 0 Å². The maximum Gasteiger partial charge on any atom is 0.130 e. The van der Waals surface area contributed by atoms with Crippen molar-refractivity contribution in [3.05, 3.63) is 35.4 Å². The van der Waals surface area contributed by atoms with Gasteiger partial charge in [0, 0.05) is 17.7 Å². The highest BCUT2D eigenvalue weighted by atomic mass is 19.1. The van der Waals surface area contributed by atoms with Gasteiger partial charge in [0.2, 0.25) is 0 Å². The molecule has 0 aliphatic heterocycles. The largest absolute Gasteiger partial charge is 0.324 e. The maximum absolute atomic E-state index is 13.4. The summed E-state index contributed by atoms with van der Waals surface area (Å²) >= 11 is 0. The summed E-state index contributed by atoms with van der Waals surface area (Å²) in [6.07, 6.45) is 4.44. The Bertz CT molecular complexity index is 345. The van der Waals surface area contributed by atoms with Crippen LogP contribution >= 0.6 is 0 Å². The van der Waals surface area contributed by atoms with Crippen molar-refractivity contribution in [2.24, 2.45) is 11.7 Å². The molecule has 1 aliphatic carbocycles. The van der Waals surface area contributed by atoms with Crippen LogP contribution in [0.1, 0.15) is 37.3 Å². The van der Waals surface area contributed by atoms with Gasteiger partial charge in [0.15, 0.2) is 0 Å². The maximum atomic E-state index is 13.4. The van der Waals surface area contributed by atoms with Crippen molar-refractivity contribution in [1.29, 1.82) is 0 Å². The lowest BCUT2D eigenvalue weighted by Crippen LogP contribution is -2.20. The molecular weight excluding hydrogens is 196 g/mol. The second-order valence-corrected chi connectivity index (χ2v) is 4.24. The van der Waals surface area contributed by atoms with Crippen LogP contribution in [-0.2, 0) is 0 Å². The predicted molar refractivity (Wildman–Crippen MR) is 55.2 cm³/mol. The number of halogens is 2. The van der Waals surface area contributed by atoms with Crippen LogP contribution < -0.4 is 5.73 Å². The van der Waals surface area contributed by atoms with Gasteiger partial charge in [0.1, 0.15) is 11.6 Å². The fourth-order valence-electron chi connectivity index (χ4n) is 2.34. The first-order valence-corrected chi connectivity index (χ1v) is 5.39. The molecule has 1 aliphatic rings. The standard InChI is InChI=1S/C12H15F2N/c13-9-5-6-10(11(14)7-9)12(15)8-3-1-2-4-8/h5-8,12H,1-4,15H2. The van der Waals surface area contributed by atoms with Crippen LogP contribution in [0.25, 0.3) is 0 Å². The Morgan fingerprint density at radius 3 is 2.47 bits per heavy atom. The molecule has 1 nitrogen and oxygen atoms in total. The first kappa shape index (κ1) is 10.6. The molecule has 82 valence electrons. The highest BCUT2D eigenvalue weighted by Crippen LogP contribution is 2.34. The van der Waals surface area contributed by atoms with Crippen LogP contribution in [0, 0.1) is 17.6 Å². The lowest BCUT2D eigenvalue weighted by Gasteiger charge is -2.19. The minimum absolute atomic E-state index is 0.284. The molecule has 1 aromatic rings. The Morgan fingerprint density at radius 2 is 1.87 bits per heavy atom. The summed E-state index contributed by atoms with van der Waals surface area (Å²) in [6.45, 7) is 0. The number of hydrogen-bond acceptors (Lipinski definition) is 1. The van der Waals surface area contributed by atoms with Crippen molar-refractivity contribution in [3.8, 4) is 0 Å². The zero-order valence-corrected chi connectivity index (χ0v) is 8.55. The molecule has 0 spiro atoms. The van der Waals surface area contributed by atoms with E-state index in [1.807, 2.05) is 0 Å². The van der Waals surface area contributed by atoms with E-state index in [4.69, 9.17) is 5.73 Å². The second kappa shape index (κ2) is 4.27. The highest BCUT2D eigenvalue weighted by molar-refractivity contribution is 5.22. The first-order valence-electron chi connectivity index (χ1n) is 5.39. The first-order chi connectivity index (χ1) is 7.18. The van der Waals surface area contributed by atoms with Gasteiger partial charge in [-0.15, -0.1) is 0 Å². The molecule has 0 aromatic heterocycles. The van der Waals surface area contributed by atoms with Gasteiger partial charge in [0.05, 0.1) is 0 Å². The third-order valence-corrected chi connectivity index (χ3v) is 3.23. The Balaban J connectivity index is 2.20. The lowest BCUT2D eigenvalue weighted by atomic mass is 9.92. The van der Waals surface area contributed by atoms with E-state index in [0.717, 1.165) is 18.9 Å². The van der Waals surface area contributed by atoms with Crippen LogP contribution in [0.4, 0.5) is 8.78 Å². The summed E-state index contributed by atoms with van der Waals surface area (Å²) in [5.74, 6) is -0.714. The molecule has 15 heavy (non-hydrogen) atoms. The van der Waals surface area contributed by atoms with Gasteiger partial charge in [-0.05, 0) is 24.8 Å². The summed E-state index contributed by atoms with van der Waals surface area (Å²) in [4.78, 5) is 0. The average molecular weight is 211 g/mol. The van der Waals surface area contributed by atoms with Crippen molar-refractivity contribution in [3.63, 3.8) is 0 Å². The van der Waals surface area contributed by atoms with Crippen LogP contribution in [0.5, 0.6) is 0 Å². The third-order valence-electron chi connectivity index (χ3n) is 3.23. The Hall–Kier alpha value is -0.960. The van der Waals surface area contributed by atoms with Gasteiger partial charge in [-0.2, -0.15) is 0 Å². The molecule has 1 fully saturated rings. The molecule has 3 heteroatoms. The summed E-state index contributed by atoms with van der Waals surface area (Å²) in [7, 11) is 0. The molecular formula is C12H15F2N. The van der Waals surface area contributed by atoms with Crippen LogP contribution in [0.3, 0.4) is 0 Å². The number of benzene rings is 1. The molecule has 0 saturated heterocycles. The SMILES string of the molecule is NC(c1ccc(F)cc1F)C1CCCC1. The molecule has 1 aromatic carbocycles. The monoisotopic (exact) mass is 211 g/mol. The van der Waals surface area contributed by atoms with E-state index in [-0.39, 0.29) is 6.04 Å². The summed E-state index contributed by atoms with van der Waals surface area (Å²) in [5.41, 5.74) is 6.44. The lowest BCUT2D eigenvalue weighted by molar-refractivity contribution is 0.427. The van der Waals surface area contributed by atoms with E-state index >= 15 is 0 Å². The fourth-order valence-corrected chi connectivity index (χ4v) is 2.34. The Morgan fingerprint density at radius 1 is 1.20 bits per heavy atom. The molecule has 2 rings (SSSR count). The minimum atomic E-state index is -0.546. The van der Waals surface area contributed by atoms with Gasteiger partial charge in [-0.1, -0.05) is 18.9 Å². The normalized spacial score (nSPS) is 19.4. The summed E-state index contributed by atoms with van der Waals surface area (Å²) in [6, 6.07) is 3.36. The van der Waals surface area contributed by atoms with Gasteiger partial charge in [0.25, 0.3) is 0 Å². The molecule has 0 amide bonds. The third kappa shape index (κ3) is 2.17. The van der Waals surface area contributed by atoms with Crippen molar-refractivity contribution in [1.82, 2.24) is 0 Å². The van der Waals surface area contributed by atoms with Gasteiger partial charge in [-0.25, -0.2) is 8.78 Å². The topological polar surface area (TPSA) is 26.0 Å². The van der Waals surface area contributed by atoms with Crippen molar-refractivity contribution < 1.29 is 8.78 Å². The quantitative estimate of drug-likeness (QED) is 0.799. The van der Waals surface area contributed by atoms with E-state index in [1.165, 1.54) is 25.0 Å². The van der Waals surface area contributed by atoms with E-state index in [2.05, 4.69) is 0 Å². The smallest absolute Gasteiger partial charge is 0.130 e. The van der Waals surface area contributed by atoms with Crippen molar-refractivity contribution in [2.75, 3.05) is 0 Å². The highest BCUT2D eigenvalue weighted by Gasteiger charge is 2.25. The molecule has 1 unspecified atom stereocenters. The van der Waals surface area contributed by atoms with Gasteiger partial charge >= 0.3 is 0 Å². The molecule has 1 atom stereocenters. The molecule has 0 bridgehead atoms. The van der Waals surface area contributed by atoms with Crippen LogP contribution in [0.15, 0.2) is 18.2 Å². The summed E-state index contributed by atoms with van der Waals surface area (Å²) < 4.78 is 26.1. The summed E-state index contributed by atoms with van der Waals surface area (Å²) in [5, 5.41) is 0. The van der Waals surface area contributed by atoms with Crippen LogP contribution in [0.2, 0.25) is 0 Å². The second-order valence-electron chi connectivity index (χ2n) is 4.24. The number of nitrogens with two attached hydrogens (primary N) is 1. The zero-order chi connectivity index (χ0) is 10.8. The van der Waals surface area contributed by atoms with Crippen molar-refractivity contribution in [2.45, 2.75) is 31.7 Å². The average Bonchev–Trinajstić information content (AvgIpc) is 2.69. The van der Waals surface area contributed by atoms with E-state index in [0.29, 0.717) is 11.5 Å². The molecule has 0 radical (unpaired) electrons. The van der Waals surface area contributed by atoms with E-state index in [9.17, 15) is 8.78 Å². The molecule has 0 heterocycles. The van der Waals surface area contributed by atoms with Crippen LogP contribution in [-0.4, -0.2) is 0 Å². The van der Waals surface area contributed by atoms with E-state index in [1.54, 1.807) is 0 Å². The number of hydrogen-bond donors (Lipinski definition) is 1. The van der Waals surface area contributed by atoms with Gasteiger partial charge < -0.3 is 5.73 Å². The number of rotatable bonds is 2. The fraction of sp³-hybridized carbons (Fsp3) is 0.500. The predicted octanol–water partition coefficient (Wildman–Crippen LogP) is 3.15. The molecule has 1 saturated carbocycles. The van der Waals surface area contributed by atoms with E-state index < -0.39 is 11.6 Å². The van der Waals surface area contributed by atoms with Crippen molar-refractivity contribution >= 4 is 0 Å². The Kier molecular flexibility index (Phi) is 3.00. The molecule has 2 N–H and O–H groups in total.